The zero-order valence-electron chi connectivity index (χ0n) is 13.1. The van der Waals surface area contributed by atoms with E-state index in [2.05, 4.69) is 33.0 Å². The van der Waals surface area contributed by atoms with Crippen LogP contribution in [0.2, 0.25) is 0 Å². The van der Waals surface area contributed by atoms with Crippen LogP contribution in [-0.4, -0.2) is 27.6 Å². The van der Waals surface area contributed by atoms with Gasteiger partial charge in [-0.05, 0) is 29.0 Å². The van der Waals surface area contributed by atoms with Gasteiger partial charge in [-0.1, -0.05) is 24.1 Å². The lowest BCUT2D eigenvalue weighted by Crippen LogP contribution is -2.26. The second-order valence-electron chi connectivity index (χ2n) is 5.69. The van der Waals surface area contributed by atoms with Gasteiger partial charge >= 0.3 is 0 Å². The van der Waals surface area contributed by atoms with Gasteiger partial charge in [0.25, 0.3) is 0 Å². The van der Waals surface area contributed by atoms with Crippen LogP contribution in [0.5, 0.6) is 0 Å². The van der Waals surface area contributed by atoms with Crippen molar-refractivity contribution in [3.05, 3.63) is 47.9 Å². The van der Waals surface area contributed by atoms with E-state index in [9.17, 15) is 0 Å². The molecule has 0 aliphatic carbocycles. The Bertz CT molecular complexity index is 861. The summed E-state index contributed by atoms with van der Waals surface area (Å²) in [4.78, 5) is 4.47. The maximum atomic E-state index is 5.80. The number of benzene rings is 1. The first-order valence-corrected chi connectivity index (χ1v) is 8.75. The van der Waals surface area contributed by atoms with Crippen LogP contribution < -0.4 is 4.72 Å². The predicted molar refractivity (Wildman–Crippen MR) is 93.0 cm³/mol. The fraction of sp³-hybridized carbons (Fsp3) is 0.294. The maximum absolute atomic E-state index is 5.80. The first-order valence-electron chi connectivity index (χ1n) is 7.53. The average molecular weight is 326 g/mol. The third kappa shape index (κ3) is 2.52. The molecule has 4 rings (SSSR count). The summed E-state index contributed by atoms with van der Waals surface area (Å²) in [6.45, 7) is 1.31. The first kappa shape index (κ1) is 14.7. The molecule has 0 bridgehead atoms. The van der Waals surface area contributed by atoms with Crippen molar-refractivity contribution in [1.29, 1.82) is 0 Å². The summed E-state index contributed by atoms with van der Waals surface area (Å²) in [6, 6.07) is 6.60. The Balaban J connectivity index is 1.84. The van der Waals surface area contributed by atoms with Gasteiger partial charge in [0.1, 0.15) is 0 Å². The molecule has 1 atom stereocenters. The fourth-order valence-electron chi connectivity index (χ4n) is 3.13. The van der Waals surface area contributed by atoms with Crippen LogP contribution in [0, 0.1) is 0 Å². The summed E-state index contributed by atoms with van der Waals surface area (Å²) in [6.07, 6.45) is 7.81. The zero-order chi connectivity index (χ0) is 15.8. The highest BCUT2D eigenvalue weighted by molar-refractivity contribution is 7.96. The fourth-order valence-corrected chi connectivity index (χ4v) is 3.61. The van der Waals surface area contributed by atoms with Crippen molar-refractivity contribution >= 4 is 22.9 Å². The summed E-state index contributed by atoms with van der Waals surface area (Å²) in [5.74, 6) is 0. The molecule has 0 radical (unpaired) electrons. The topological polar surface area (TPSA) is 52.0 Å². The Labute approximate surface area is 139 Å². The number of hydrogen-bond acceptors (Lipinski definition) is 5. The largest absolute Gasteiger partial charge is 0.375 e. The molecule has 1 aliphatic rings. The molecule has 6 heteroatoms. The molecule has 5 nitrogen and oxygen atoms in total. The van der Waals surface area contributed by atoms with E-state index in [1.807, 2.05) is 36.6 Å². The first-order chi connectivity index (χ1) is 11.3. The third-order valence-electron chi connectivity index (χ3n) is 4.32. The Kier molecular flexibility index (Phi) is 3.80. The monoisotopic (exact) mass is 326 g/mol. The van der Waals surface area contributed by atoms with Crippen LogP contribution in [0.4, 0.5) is 0 Å². The zero-order valence-corrected chi connectivity index (χ0v) is 13.9. The Morgan fingerprint density at radius 1 is 1.30 bits per heavy atom. The van der Waals surface area contributed by atoms with Crippen molar-refractivity contribution in [3.8, 4) is 11.1 Å². The molecule has 0 spiro atoms. The van der Waals surface area contributed by atoms with Gasteiger partial charge in [0, 0.05) is 30.4 Å². The lowest BCUT2D eigenvalue weighted by Gasteiger charge is -2.27. The number of aryl methyl sites for hydroxylation is 1. The molecule has 0 saturated carbocycles. The van der Waals surface area contributed by atoms with E-state index in [-0.39, 0.29) is 6.04 Å². The minimum atomic E-state index is 0.182. The smallest absolute Gasteiger partial charge is 0.0728 e. The Morgan fingerprint density at radius 2 is 2.22 bits per heavy atom. The van der Waals surface area contributed by atoms with Crippen molar-refractivity contribution in [3.63, 3.8) is 0 Å². The van der Waals surface area contributed by atoms with Crippen molar-refractivity contribution < 1.29 is 4.74 Å². The lowest BCUT2D eigenvalue weighted by atomic mass is 9.93. The number of nitrogens with zero attached hydrogens (tertiary/aromatic N) is 3. The molecule has 2 aromatic heterocycles. The highest BCUT2D eigenvalue weighted by Crippen LogP contribution is 2.34. The van der Waals surface area contributed by atoms with E-state index in [1.165, 1.54) is 11.1 Å². The highest BCUT2D eigenvalue weighted by Gasteiger charge is 2.23. The normalized spacial score (nSPS) is 17.4. The average Bonchev–Trinajstić information content (AvgIpc) is 2.96. The minimum absolute atomic E-state index is 0.182. The number of fused-ring (bicyclic) bond motifs is 2. The summed E-state index contributed by atoms with van der Waals surface area (Å²) < 4.78 is 11.1. The van der Waals surface area contributed by atoms with Crippen LogP contribution in [0.1, 0.15) is 17.2 Å². The molecule has 1 aliphatic heterocycles. The Hall–Kier alpha value is -1.89. The van der Waals surface area contributed by atoms with Crippen molar-refractivity contribution in [2.75, 3.05) is 12.9 Å². The summed E-state index contributed by atoms with van der Waals surface area (Å²) in [7, 11) is 1.96. The predicted octanol–water partition coefficient (Wildman–Crippen LogP) is 3.07. The van der Waals surface area contributed by atoms with E-state index in [0.717, 1.165) is 22.0 Å². The van der Waals surface area contributed by atoms with Crippen LogP contribution in [0.25, 0.3) is 22.0 Å². The van der Waals surface area contributed by atoms with Gasteiger partial charge < -0.3 is 4.74 Å². The van der Waals surface area contributed by atoms with Gasteiger partial charge in [0.15, 0.2) is 0 Å². The van der Waals surface area contributed by atoms with Gasteiger partial charge in [0.05, 0.1) is 31.0 Å². The summed E-state index contributed by atoms with van der Waals surface area (Å²) in [5, 5.41) is 5.46. The van der Waals surface area contributed by atoms with Gasteiger partial charge in [-0.15, -0.1) is 0 Å². The lowest BCUT2D eigenvalue weighted by molar-refractivity contribution is 0.0892. The molecule has 0 saturated heterocycles. The number of aromatic nitrogens is 3. The second-order valence-corrected chi connectivity index (χ2v) is 6.33. The van der Waals surface area contributed by atoms with E-state index < -0.39 is 0 Å². The molecule has 23 heavy (non-hydrogen) atoms. The van der Waals surface area contributed by atoms with Gasteiger partial charge in [-0.2, -0.15) is 5.10 Å². The third-order valence-corrected chi connectivity index (χ3v) is 4.84. The van der Waals surface area contributed by atoms with E-state index in [4.69, 9.17) is 4.74 Å². The van der Waals surface area contributed by atoms with Crippen molar-refractivity contribution in [2.24, 2.45) is 7.05 Å². The molecule has 0 amide bonds. The van der Waals surface area contributed by atoms with E-state index in [0.29, 0.717) is 13.2 Å². The van der Waals surface area contributed by atoms with Gasteiger partial charge in [-0.25, -0.2) is 0 Å². The second kappa shape index (κ2) is 5.96. The van der Waals surface area contributed by atoms with Crippen molar-refractivity contribution in [1.82, 2.24) is 19.5 Å². The number of ether oxygens (including phenoxy) is 1. The molecular formula is C17H18N4OS. The van der Waals surface area contributed by atoms with Gasteiger partial charge in [-0.3, -0.25) is 14.4 Å². The van der Waals surface area contributed by atoms with Crippen LogP contribution in [-0.2, 0) is 18.4 Å². The van der Waals surface area contributed by atoms with E-state index in [1.54, 1.807) is 11.9 Å². The number of pyridine rings is 1. The number of nitrogens with one attached hydrogen (secondary N) is 1. The standard InChI is InChI=1S/C17H18N4OS/c1-21-17-5-11(3-4-12(17)6-19-21)13-7-18-8-14-15(13)9-22-10-16(14)20-23-2/h3-8,16,20H,9-10H2,1-2H3. The molecule has 1 unspecified atom stereocenters. The summed E-state index contributed by atoms with van der Waals surface area (Å²) >= 11 is 1.61. The highest BCUT2D eigenvalue weighted by atomic mass is 32.2. The molecular weight excluding hydrogens is 308 g/mol. The summed E-state index contributed by atoms with van der Waals surface area (Å²) in [5.41, 5.74) is 5.86. The van der Waals surface area contributed by atoms with Gasteiger partial charge in [0.2, 0.25) is 0 Å². The minimum Gasteiger partial charge on any atom is -0.375 e. The molecule has 118 valence electrons. The quantitative estimate of drug-likeness (QED) is 0.750. The molecule has 3 heterocycles. The molecule has 1 aromatic carbocycles. The SMILES string of the molecule is CSNC1COCc2c(-c3ccc4cnn(C)c4c3)cncc21. The maximum Gasteiger partial charge on any atom is 0.0728 e. The Morgan fingerprint density at radius 3 is 3.09 bits per heavy atom. The number of rotatable bonds is 3. The van der Waals surface area contributed by atoms with Crippen molar-refractivity contribution in [2.45, 2.75) is 12.6 Å². The van der Waals surface area contributed by atoms with E-state index >= 15 is 0 Å². The van der Waals surface area contributed by atoms with Crippen LogP contribution in [0.3, 0.4) is 0 Å². The number of hydrogen-bond donors (Lipinski definition) is 1. The van der Waals surface area contributed by atoms with Crippen LogP contribution in [0.15, 0.2) is 36.8 Å². The molecule has 3 aromatic rings. The molecule has 0 fully saturated rings. The molecule has 1 N–H and O–H groups in total. The van der Waals surface area contributed by atoms with Crippen LogP contribution >= 0.6 is 11.9 Å².